The molecule has 1 aromatic carbocycles. The zero-order valence-electron chi connectivity index (χ0n) is 13.7. The molecule has 0 aromatic heterocycles. The summed E-state index contributed by atoms with van der Waals surface area (Å²) in [6.45, 7) is 7.06. The van der Waals surface area contributed by atoms with E-state index >= 15 is 0 Å². The Morgan fingerprint density at radius 2 is 1.96 bits per heavy atom. The summed E-state index contributed by atoms with van der Waals surface area (Å²) in [7, 11) is -3.67. The molecule has 6 heteroatoms. The summed E-state index contributed by atoms with van der Waals surface area (Å²) >= 11 is 0. The number of carbonyl (C=O) groups is 1. The highest BCUT2D eigenvalue weighted by Crippen LogP contribution is 2.53. The van der Waals surface area contributed by atoms with Gasteiger partial charge in [-0.15, -0.1) is 0 Å². The van der Waals surface area contributed by atoms with Crippen LogP contribution < -0.4 is 0 Å². The van der Waals surface area contributed by atoms with Gasteiger partial charge in [0.05, 0.1) is 10.5 Å². The lowest BCUT2D eigenvalue weighted by molar-refractivity contribution is 0.0696. The van der Waals surface area contributed by atoms with E-state index in [-0.39, 0.29) is 27.3 Å². The molecular formula is C17H23NO4S. The van der Waals surface area contributed by atoms with E-state index in [0.29, 0.717) is 6.54 Å². The molecule has 3 rings (SSSR count). The van der Waals surface area contributed by atoms with Gasteiger partial charge in [0.2, 0.25) is 10.0 Å². The van der Waals surface area contributed by atoms with Gasteiger partial charge in [0.15, 0.2) is 0 Å². The van der Waals surface area contributed by atoms with Crippen LogP contribution in [-0.2, 0) is 10.0 Å². The van der Waals surface area contributed by atoms with Gasteiger partial charge in [-0.2, -0.15) is 4.31 Å². The van der Waals surface area contributed by atoms with Gasteiger partial charge in [-0.25, -0.2) is 13.2 Å². The summed E-state index contributed by atoms with van der Waals surface area (Å²) in [5.41, 5.74) is 0.133. The number of benzene rings is 1. The smallest absolute Gasteiger partial charge is 0.335 e. The van der Waals surface area contributed by atoms with Crippen LogP contribution in [0.25, 0.3) is 0 Å². The molecule has 1 saturated carbocycles. The first-order valence-corrected chi connectivity index (χ1v) is 9.32. The Labute approximate surface area is 137 Å². The van der Waals surface area contributed by atoms with Crippen LogP contribution in [0.3, 0.4) is 0 Å². The maximum Gasteiger partial charge on any atom is 0.335 e. The summed E-state index contributed by atoms with van der Waals surface area (Å²) in [4.78, 5) is 11.2. The van der Waals surface area contributed by atoms with Crippen LogP contribution in [0.5, 0.6) is 0 Å². The largest absolute Gasteiger partial charge is 0.478 e. The fourth-order valence-corrected chi connectivity index (χ4v) is 6.43. The number of carboxylic acids is 1. The van der Waals surface area contributed by atoms with E-state index in [4.69, 9.17) is 5.11 Å². The van der Waals surface area contributed by atoms with Crippen LogP contribution in [-0.4, -0.2) is 36.4 Å². The number of fused-ring (bicyclic) bond motifs is 2. The molecule has 1 saturated heterocycles. The van der Waals surface area contributed by atoms with E-state index in [2.05, 4.69) is 20.8 Å². The monoisotopic (exact) mass is 337 g/mol. The van der Waals surface area contributed by atoms with Crippen molar-refractivity contribution in [1.82, 2.24) is 4.31 Å². The number of rotatable bonds is 3. The molecule has 0 radical (unpaired) electrons. The van der Waals surface area contributed by atoms with Crippen molar-refractivity contribution in [2.75, 3.05) is 6.54 Å². The van der Waals surface area contributed by atoms with E-state index < -0.39 is 16.0 Å². The number of hydrogen-bond acceptors (Lipinski definition) is 3. The lowest BCUT2D eigenvalue weighted by Gasteiger charge is -2.39. The minimum atomic E-state index is -3.67. The molecule has 2 bridgehead atoms. The van der Waals surface area contributed by atoms with Crippen molar-refractivity contribution in [1.29, 1.82) is 0 Å². The Morgan fingerprint density at radius 1 is 1.26 bits per heavy atom. The van der Waals surface area contributed by atoms with Gasteiger partial charge in [0, 0.05) is 12.6 Å². The van der Waals surface area contributed by atoms with Gasteiger partial charge in [-0.1, -0.05) is 26.8 Å². The highest BCUT2D eigenvalue weighted by atomic mass is 32.2. The summed E-state index contributed by atoms with van der Waals surface area (Å²) in [6.07, 6.45) is 2.74. The van der Waals surface area contributed by atoms with Gasteiger partial charge in [-0.05, 0) is 48.3 Å². The number of carboxylic acid groups (broad SMARTS) is 1. The summed E-state index contributed by atoms with van der Waals surface area (Å²) in [5, 5.41) is 9.09. The molecule has 2 atom stereocenters. The Balaban J connectivity index is 1.98. The average molecular weight is 337 g/mol. The van der Waals surface area contributed by atoms with Crippen molar-refractivity contribution in [3.8, 4) is 0 Å². The van der Waals surface area contributed by atoms with Gasteiger partial charge >= 0.3 is 5.97 Å². The zero-order valence-corrected chi connectivity index (χ0v) is 14.6. The van der Waals surface area contributed by atoms with Gasteiger partial charge in [-0.3, -0.25) is 0 Å². The highest BCUT2D eigenvalue weighted by molar-refractivity contribution is 7.89. The lowest BCUT2D eigenvalue weighted by Crippen LogP contribution is -2.37. The van der Waals surface area contributed by atoms with Crippen LogP contribution in [0.2, 0.25) is 0 Å². The molecule has 2 fully saturated rings. The predicted octanol–water partition coefficient (Wildman–Crippen LogP) is 2.97. The van der Waals surface area contributed by atoms with Crippen molar-refractivity contribution in [3.05, 3.63) is 29.8 Å². The molecule has 126 valence electrons. The van der Waals surface area contributed by atoms with Crippen LogP contribution in [0, 0.1) is 10.8 Å². The normalized spacial score (nSPS) is 30.3. The minimum Gasteiger partial charge on any atom is -0.478 e. The summed E-state index contributed by atoms with van der Waals surface area (Å²) in [5.74, 6) is -1.12. The highest BCUT2D eigenvalue weighted by Gasteiger charge is 2.53. The molecular weight excluding hydrogens is 314 g/mol. The standard InChI is InChI=1S/C17H23NO4S/c1-16(2)8-13-9-17(3,10-16)11-18(13)23(21,22)14-6-4-5-12(7-14)15(19)20/h4-7,13H,8-11H2,1-3H3,(H,19,20). The van der Waals surface area contributed by atoms with Crippen LogP contribution >= 0.6 is 0 Å². The Kier molecular flexibility index (Phi) is 3.61. The number of aromatic carboxylic acids is 1. The second-order valence-electron chi connectivity index (χ2n) is 8.10. The molecule has 1 aliphatic heterocycles. The second kappa shape index (κ2) is 5.05. The van der Waals surface area contributed by atoms with E-state index in [1.165, 1.54) is 24.3 Å². The lowest BCUT2D eigenvalue weighted by atomic mass is 9.65. The molecule has 2 unspecified atom stereocenters. The third-order valence-corrected chi connectivity index (χ3v) is 6.95. The van der Waals surface area contributed by atoms with Crippen molar-refractivity contribution >= 4 is 16.0 Å². The third-order valence-electron chi connectivity index (χ3n) is 5.05. The van der Waals surface area contributed by atoms with Crippen molar-refractivity contribution in [2.24, 2.45) is 10.8 Å². The minimum absolute atomic E-state index is 0.000199. The summed E-state index contributed by atoms with van der Waals surface area (Å²) < 4.78 is 27.7. The quantitative estimate of drug-likeness (QED) is 0.920. The average Bonchev–Trinajstić information content (AvgIpc) is 2.68. The fraction of sp³-hybridized carbons (Fsp3) is 0.588. The van der Waals surface area contributed by atoms with E-state index in [1.807, 2.05) is 0 Å². The molecule has 23 heavy (non-hydrogen) atoms. The van der Waals surface area contributed by atoms with Crippen LogP contribution in [0.15, 0.2) is 29.2 Å². The maximum atomic E-state index is 13.0. The first-order valence-electron chi connectivity index (χ1n) is 7.88. The van der Waals surface area contributed by atoms with Crippen molar-refractivity contribution < 1.29 is 18.3 Å². The Morgan fingerprint density at radius 3 is 2.61 bits per heavy atom. The fourth-order valence-electron chi connectivity index (χ4n) is 4.61. The molecule has 0 amide bonds. The molecule has 2 aliphatic rings. The van der Waals surface area contributed by atoms with E-state index in [9.17, 15) is 13.2 Å². The van der Waals surface area contributed by atoms with Gasteiger partial charge < -0.3 is 5.11 Å². The predicted molar refractivity (Wildman–Crippen MR) is 86.8 cm³/mol. The van der Waals surface area contributed by atoms with Crippen molar-refractivity contribution in [2.45, 2.75) is 51.0 Å². The Hall–Kier alpha value is -1.40. The first-order chi connectivity index (χ1) is 10.5. The SMILES string of the molecule is CC1(C)CC2CC(C)(CN2S(=O)(=O)c2cccc(C(=O)O)c2)C1. The molecule has 1 aromatic rings. The topological polar surface area (TPSA) is 74.7 Å². The molecule has 5 nitrogen and oxygen atoms in total. The van der Waals surface area contributed by atoms with Gasteiger partial charge in [0.1, 0.15) is 0 Å². The molecule has 1 aliphatic carbocycles. The second-order valence-corrected chi connectivity index (χ2v) is 9.99. The zero-order chi connectivity index (χ0) is 17.0. The van der Waals surface area contributed by atoms with Gasteiger partial charge in [0.25, 0.3) is 0 Å². The van der Waals surface area contributed by atoms with Crippen molar-refractivity contribution in [3.63, 3.8) is 0 Å². The van der Waals surface area contributed by atoms with Crippen LogP contribution in [0.1, 0.15) is 50.4 Å². The third kappa shape index (κ3) is 2.90. The molecule has 1 N–H and O–H groups in total. The maximum absolute atomic E-state index is 13.0. The Bertz CT molecular complexity index is 756. The molecule has 0 spiro atoms. The van der Waals surface area contributed by atoms with E-state index in [1.54, 1.807) is 4.31 Å². The summed E-state index contributed by atoms with van der Waals surface area (Å²) in [6, 6.07) is 5.64. The van der Waals surface area contributed by atoms with Crippen LogP contribution in [0.4, 0.5) is 0 Å². The number of nitrogens with zero attached hydrogens (tertiary/aromatic N) is 1. The number of hydrogen-bond donors (Lipinski definition) is 1. The first kappa shape index (κ1) is 16.5. The number of sulfonamides is 1. The van der Waals surface area contributed by atoms with E-state index in [0.717, 1.165) is 19.3 Å². The molecule has 1 heterocycles.